The van der Waals surface area contributed by atoms with Crippen molar-refractivity contribution in [3.63, 3.8) is 0 Å². The van der Waals surface area contributed by atoms with Crippen molar-refractivity contribution in [2.24, 2.45) is 0 Å². The third-order valence-electron chi connectivity index (χ3n) is 25.2. The van der Waals surface area contributed by atoms with E-state index in [0.29, 0.717) is 0 Å². The first-order valence-electron chi connectivity index (χ1n) is 41.0. The summed E-state index contributed by atoms with van der Waals surface area (Å²) < 4.78 is 19.1. The number of nitrogens with zero attached hydrogens (tertiary/aromatic N) is 10. The predicted molar refractivity (Wildman–Crippen MR) is 497 cm³/mol. The molecule has 0 aliphatic heterocycles. The predicted octanol–water partition coefficient (Wildman–Crippen LogP) is 27.9. The van der Waals surface area contributed by atoms with Gasteiger partial charge in [-0.05, 0) is 203 Å². The number of benzene rings is 16. The van der Waals surface area contributed by atoms with Crippen molar-refractivity contribution in [1.82, 2.24) is 46.2 Å². The number of aromatic nitrogens is 10. The quantitative estimate of drug-likeness (QED) is 0.130. The Kier molecular flexibility index (Phi) is 14.1. The molecule has 0 bridgehead atoms. The molecule has 0 radical (unpaired) electrons. The molecule has 10 aromatic heterocycles. The maximum atomic E-state index is 5.43. The Bertz CT molecular complexity index is 8430. The summed E-state index contributed by atoms with van der Waals surface area (Å²) >= 11 is 0. The lowest BCUT2D eigenvalue weighted by Gasteiger charge is -2.18. The van der Waals surface area contributed by atoms with E-state index in [9.17, 15) is 0 Å². The molecular weight excluding hydrogens is 1460 g/mol. The molecule has 26 rings (SSSR count). The van der Waals surface area contributed by atoms with Crippen LogP contribution in [0.25, 0.3) is 232 Å². The van der Waals surface area contributed by atoms with E-state index in [-0.39, 0.29) is 0 Å². The summed E-state index contributed by atoms with van der Waals surface area (Å²) in [6.07, 6.45) is 8.50. The van der Waals surface area contributed by atoms with Gasteiger partial charge in [0, 0.05) is 135 Å². The number of hydrogen-bond donors (Lipinski definition) is 0. The van der Waals surface area contributed by atoms with Crippen LogP contribution in [0.1, 0.15) is 0 Å². The molecule has 558 valence electrons. The van der Waals surface area contributed by atoms with E-state index in [1.165, 1.54) is 59.2 Å². The molecule has 0 saturated carbocycles. The van der Waals surface area contributed by atoms with E-state index in [2.05, 4.69) is 449 Å². The molecule has 0 aliphatic carbocycles. The zero-order chi connectivity index (χ0) is 78.4. The van der Waals surface area contributed by atoms with Crippen molar-refractivity contribution in [2.75, 3.05) is 0 Å². The lowest BCUT2D eigenvalue weighted by Crippen LogP contribution is -2.01. The van der Waals surface area contributed by atoms with E-state index < -0.39 is 0 Å². The number of imidazole rings is 2. The lowest BCUT2D eigenvalue weighted by molar-refractivity contribution is 1.13. The highest BCUT2D eigenvalue weighted by Gasteiger charge is 2.26. The Balaban J connectivity index is 0.709. The minimum absolute atomic E-state index is 0.874. The summed E-state index contributed by atoms with van der Waals surface area (Å²) in [5.41, 5.74) is 31.8. The second kappa shape index (κ2) is 25.6. The summed E-state index contributed by atoms with van der Waals surface area (Å²) in [7, 11) is 0. The van der Waals surface area contributed by atoms with Gasteiger partial charge in [0.25, 0.3) is 0 Å². The third-order valence-corrected chi connectivity index (χ3v) is 25.2. The molecule has 10 heteroatoms. The summed E-state index contributed by atoms with van der Waals surface area (Å²) in [6.45, 7) is 0. The normalized spacial score (nSPS) is 12.2. The van der Waals surface area contributed by atoms with Gasteiger partial charge in [0.1, 0.15) is 11.3 Å². The molecule has 0 spiro atoms. The smallest absolute Gasteiger partial charge is 0.137 e. The molecular formula is C110H68N10. The number of para-hydroxylation sites is 10. The van der Waals surface area contributed by atoms with Gasteiger partial charge in [-0.25, -0.2) is 9.97 Å². The van der Waals surface area contributed by atoms with Crippen LogP contribution in [0.5, 0.6) is 0 Å². The van der Waals surface area contributed by atoms with Crippen molar-refractivity contribution >= 4 is 142 Å². The van der Waals surface area contributed by atoms with Gasteiger partial charge < -0.3 is 36.2 Å². The van der Waals surface area contributed by atoms with Gasteiger partial charge in [-0.2, -0.15) is 0 Å². The third kappa shape index (κ3) is 9.90. The van der Waals surface area contributed by atoms with Crippen LogP contribution in [0.4, 0.5) is 0 Å². The fourth-order valence-corrected chi connectivity index (χ4v) is 20.1. The van der Waals surface area contributed by atoms with E-state index >= 15 is 0 Å². The standard InChI is InChI=1S/C110H68N10/c1-11-37-96-83(26-1)84-27-2-12-38-97(84)115(96)76-57-72(58-77(64-76)116-98-39-13-3-28-85(98)86-29-4-14-40-99(86)116)70-54-71(56-74(55-70)94-67-113-52-23-21-48-108(113)111-94)73-59-78(117-100-41-15-5-30-87(100)88-31-6-16-42-101(88)117)65-79(60-73)119-105-46-20-10-35-93(105)110-82(36-25-47-106(110)119)69-50-51-92-91-34-9-19-45-104(91)120(107(92)63-69)81-62-75(95-68-114-53-24-22-49-109(114)112-95)61-80(66-81)118-102-43-17-7-32-89(102)90-33-8-18-44-103(90)118/h1-68H. The van der Waals surface area contributed by atoms with Crippen LogP contribution in [0.3, 0.4) is 0 Å². The molecule has 10 nitrogen and oxygen atoms in total. The molecule has 0 N–H and O–H groups in total. The van der Waals surface area contributed by atoms with E-state index in [1.807, 2.05) is 0 Å². The van der Waals surface area contributed by atoms with Crippen molar-refractivity contribution < 1.29 is 0 Å². The SMILES string of the molecule is c1ccc2c(c1)c1ccccc1n2-c1cc(-c2cc(-c3cc(-n4c5ccccc5c5ccccc54)cc(-n4c5ccccc5c5c(-c6ccc7c8ccccc8n(-c8cc(-c9cn%10ccccc%10n9)cc(-n9c%10ccccc%10c%10ccccc%109)c8)c7c6)cccc54)c3)cc(-c3cn4ccccc4n3)c2)cc(-n2c3ccccc3c3ccccc32)c1. The van der Waals surface area contributed by atoms with Gasteiger partial charge in [0.2, 0.25) is 0 Å². The second-order valence-corrected chi connectivity index (χ2v) is 31.8. The largest absolute Gasteiger partial charge is 0.309 e. The fraction of sp³-hybridized carbons (Fsp3) is 0. The molecule has 0 atom stereocenters. The number of pyridine rings is 2. The van der Waals surface area contributed by atoms with E-state index in [4.69, 9.17) is 9.97 Å². The summed E-state index contributed by atoms with van der Waals surface area (Å²) in [5, 5.41) is 14.3. The Morgan fingerprint density at radius 1 is 0.167 bits per heavy atom. The summed E-state index contributed by atoms with van der Waals surface area (Å²) in [6, 6.07) is 144. The Hall–Kier alpha value is -16.3. The monoisotopic (exact) mass is 1530 g/mol. The lowest BCUT2D eigenvalue weighted by atomic mass is 9.94. The molecule has 16 aromatic carbocycles. The maximum absolute atomic E-state index is 5.43. The van der Waals surface area contributed by atoms with Gasteiger partial charge in [0.05, 0.1) is 77.6 Å². The van der Waals surface area contributed by atoms with Crippen LogP contribution in [0.2, 0.25) is 0 Å². The van der Waals surface area contributed by atoms with Crippen molar-refractivity contribution in [3.05, 3.63) is 413 Å². The molecule has 10 heterocycles. The molecule has 0 fully saturated rings. The molecule has 0 aliphatic rings. The van der Waals surface area contributed by atoms with Gasteiger partial charge in [-0.3, -0.25) is 0 Å². The van der Waals surface area contributed by atoms with E-state index in [1.54, 1.807) is 0 Å². The van der Waals surface area contributed by atoms with Crippen LogP contribution < -0.4 is 0 Å². The van der Waals surface area contributed by atoms with Crippen LogP contribution in [0.15, 0.2) is 413 Å². The number of rotatable bonds is 11. The first kappa shape index (κ1) is 66.0. The average molecular weight is 1530 g/mol. The Morgan fingerprint density at radius 2 is 0.425 bits per heavy atom. The molecule has 120 heavy (non-hydrogen) atoms. The highest BCUT2D eigenvalue weighted by atomic mass is 15.1. The molecule has 26 aromatic rings. The van der Waals surface area contributed by atoms with Gasteiger partial charge >= 0.3 is 0 Å². The maximum Gasteiger partial charge on any atom is 0.137 e. The first-order valence-corrected chi connectivity index (χ1v) is 41.0. The van der Waals surface area contributed by atoms with Gasteiger partial charge in [-0.1, -0.05) is 218 Å². The van der Waals surface area contributed by atoms with Gasteiger partial charge in [0.15, 0.2) is 0 Å². The Labute approximate surface area is 686 Å². The zero-order valence-corrected chi connectivity index (χ0v) is 64.7. The highest BCUT2D eigenvalue weighted by Crippen LogP contribution is 2.47. The highest BCUT2D eigenvalue weighted by molar-refractivity contribution is 6.19. The average Bonchev–Trinajstić information content (AvgIpc) is 1.56. The van der Waals surface area contributed by atoms with Crippen LogP contribution in [-0.2, 0) is 0 Å². The number of fused-ring (bicyclic) bond motifs is 20. The zero-order valence-electron chi connectivity index (χ0n) is 64.7. The van der Waals surface area contributed by atoms with Crippen LogP contribution >= 0.6 is 0 Å². The van der Waals surface area contributed by atoms with Crippen molar-refractivity contribution in [2.45, 2.75) is 0 Å². The van der Waals surface area contributed by atoms with Gasteiger partial charge in [-0.15, -0.1) is 0 Å². The minimum atomic E-state index is 0.874. The molecule has 0 saturated heterocycles. The molecule has 0 unspecified atom stereocenters. The van der Waals surface area contributed by atoms with Crippen molar-refractivity contribution in [3.8, 4) is 90.0 Å². The second-order valence-electron chi connectivity index (χ2n) is 31.8. The van der Waals surface area contributed by atoms with Crippen LogP contribution in [-0.4, -0.2) is 46.2 Å². The Morgan fingerprint density at radius 3 is 0.775 bits per heavy atom. The summed E-state index contributed by atoms with van der Waals surface area (Å²) in [4.78, 5) is 10.7. The number of hydrogen-bond acceptors (Lipinski definition) is 2. The first-order chi connectivity index (χ1) is 59.5. The van der Waals surface area contributed by atoms with E-state index in [0.717, 1.165) is 173 Å². The van der Waals surface area contributed by atoms with Crippen molar-refractivity contribution in [1.29, 1.82) is 0 Å². The minimum Gasteiger partial charge on any atom is -0.309 e. The molecule has 0 amide bonds. The topological polar surface area (TPSA) is 64.2 Å². The fourth-order valence-electron chi connectivity index (χ4n) is 20.1. The van der Waals surface area contributed by atoms with Crippen LogP contribution in [0, 0.1) is 0 Å². The summed E-state index contributed by atoms with van der Waals surface area (Å²) in [5.74, 6) is 0.